The van der Waals surface area contributed by atoms with E-state index in [1.807, 2.05) is 0 Å². The standard InChI is InChI=1S/C14H13F2NO2S/c15-13-6-5-12(9-14(13)16)20(18,19)8-7-10-1-3-11(17)4-2-10/h1-6,9H,7-8,17H2. The Kier molecular flexibility index (Phi) is 4.04. The molecule has 0 heterocycles. The fourth-order valence-corrected chi connectivity index (χ4v) is 3.02. The molecule has 2 rings (SSSR count). The van der Waals surface area contributed by atoms with E-state index in [1.54, 1.807) is 24.3 Å². The van der Waals surface area contributed by atoms with E-state index >= 15 is 0 Å². The van der Waals surface area contributed by atoms with Crippen LogP contribution in [-0.4, -0.2) is 14.2 Å². The summed E-state index contributed by atoms with van der Waals surface area (Å²) in [4.78, 5) is -0.216. The number of nitrogens with two attached hydrogens (primary N) is 1. The lowest BCUT2D eigenvalue weighted by Crippen LogP contribution is -2.10. The van der Waals surface area contributed by atoms with Crippen LogP contribution in [0.15, 0.2) is 47.4 Å². The normalized spacial score (nSPS) is 11.5. The Labute approximate surface area is 116 Å². The first-order valence-electron chi connectivity index (χ1n) is 5.91. The van der Waals surface area contributed by atoms with Crippen molar-refractivity contribution in [2.45, 2.75) is 11.3 Å². The second kappa shape index (κ2) is 5.58. The summed E-state index contributed by atoms with van der Waals surface area (Å²) < 4.78 is 49.9. The number of halogens is 2. The largest absolute Gasteiger partial charge is 0.399 e. The van der Waals surface area contributed by atoms with Gasteiger partial charge in [0.2, 0.25) is 0 Å². The Morgan fingerprint density at radius 3 is 2.20 bits per heavy atom. The van der Waals surface area contributed by atoms with Crippen LogP contribution in [0.5, 0.6) is 0 Å². The number of aryl methyl sites for hydroxylation is 1. The molecule has 0 amide bonds. The van der Waals surface area contributed by atoms with Gasteiger partial charge >= 0.3 is 0 Å². The van der Waals surface area contributed by atoms with Gasteiger partial charge in [0.1, 0.15) is 0 Å². The maximum atomic E-state index is 13.1. The molecule has 6 heteroatoms. The highest BCUT2D eigenvalue weighted by Crippen LogP contribution is 2.17. The van der Waals surface area contributed by atoms with E-state index < -0.39 is 21.5 Å². The van der Waals surface area contributed by atoms with Crippen molar-refractivity contribution < 1.29 is 17.2 Å². The van der Waals surface area contributed by atoms with Gasteiger partial charge in [0.05, 0.1) is 10.6 Å². The second-order valence-electron chi connectivity index (χ2n) is 4.39. The molecule has 0 bridgehead atoms. The summed E-state index contributed by atoms with van der Waals surface area (Å²) in [6.45, 7) is 0. The number of rotatable bonds is 4. The van der Waals surface area contributed by atoms with Crippen molar-refractivity contribution in [2.24, 2.45) is 0 Å². The molecule has 2 aromatic rings. The highest BCUT2D eigenvalue weighted by molar-refractivity contribution is 7.91. The van der Waals surface area contributed by atoms with E-state index in [0.717, 1.165) is 17.7 Å². The number of benzene rings is 2. The first-order chi connectivity index (χ1) is 9.38. The smallest absolute Gasteiger partial charge is 0.178 e. The number of nitrogen functional groups attached to an aromatic ring is 1. The van der Waals surface area contributed by atoms with Gasteiger partial charge in [0.25, 0.3) is 0 Å². The third kappa shape index (κ3) is 3.33. The zero-order valence-corrected chi connectivity index (χ0v) is 11.3. The van der Waals surface area contributed by atoms with E-state index in [-0.39, 0.29) is 17.1 Å². The van der Waals surface area contributed by atoms with Crippen molar-refractivity contribution in [3.05, 3.63) is 59.7 Å². The zero-order valence-electron chi connectivity index (χ0n) is 10.5. The summed E-state index contributed by atoms with van der Waals surface area (Å²) in [6, 6.07) is 9.40. The van der Waals surface area contributed by atoms with Crippen molar-refractivity contribution in [2.75, 3.05) is 11.5 Å². The summed E-state index contributed by atoms with van der Waals surface area (Å²) in [5, 5.41) is 0. The highest BCUT2D eigenvalue weighted by atomic mass is 32.2. The van der Waals surface area contributed by atoms with Crippen LogP contribution in [0, 0.1) is 11.6 Å². The molecule has 0 radical (unpaired) electrons. The molecule has 0 spiro atoms. The van der Waals surface area contributed by atoms with Gasteiger partial charge in [-0.2, -0.15) is 0 Å². The molecule has 2 aromatic carbocycles. The highest BCUT2D eigenvalue weighted by Gasteiger charge is 2.16. The Morgan fingerprint density at radius 1 is 0.950 bits per heavy atom. The SMILES string of the molecule is Nc1ccc(CCS(=O)(=O)c2ccc(F)c(F)c2)cc1. The molecule has 0 aromatic heterocycles. The lowest BCUT2D eigenvalue weighted by atomic mass is 10.2. The molecule has 0 saturated heterocycles. The Morgan fingerprint density at radius 2 is 1.60 bits per heavy atom. The van der Waals surface area contributed by atoms with Crippen LogP contribution in [0.3, 0.4) is 0 Å². The molecular weight excluding hydrogens is 284 g/mol. The number of sulfone groups is 1. The monoisotopic (exact) mass is 297 g/mol. The van der Waals surface area contributed by atoms with Gasteiger partial charge in [-0.3, -0.25) is 0 Å². The molecular formula is C14H13F2NO2S. The Hall–Kier alpha value is -1.95. The summed E-state index contributed by atoms with van der Waals surface area (Å²) in [5.74, 6) is -2.41. The molecule has 0 unspecified atom stereocenters. The molecule has 0 saturated carbocycles. The average Bonchev–Trinajstić information content (AvgIpc) is 2.41. The fourth-order valence-electron chi connectivity index (χ4n) is 1.72. The minimum Gasteiger partial charge on any atom is -0.399 e. The van der Waals surface area contributed by atoms with Crippen molar-refractivity contribution >= 4 is 15.5 Å². The van der Waals surface area contributed by atoms with Gasteiger partial charge in [-0.15, -0.1) is 0 Å². The Balaban J connectivity index is 2.14. The maximum Gasteiger partial charge on any atom is 0.178 e. The quantitative estimate of drug-likeness (QED) is 0.697. The molecule has 0 atom stereocenters. The molecule has 0 aliphatic rings. The van der Waals surface area contributed by atoms with E-state index in [9.17, 15) is 17.2 Å². The summed E-state index contributed by atoms with van der Waals surface area (Å²) >= 11 is 0. The van der Waals surface area contributed by atoms with Crippen molar-refractivity contribution in [1.29, 1.82) is 0 Å². The van der Waals surface area contributed by atoms with Crippen LogP contribution >= 0.6 is 0 Å². The van der Waals surface area contributed by atoms with Gasteiger partial charge < -0.3 is 5.73 Å². The molecule has 0 aliphatic heterocycles. The summed E-state index contributed by atoms with van der Waals surface area (Å²) in [5.41, 5.74) is 6.94. The average molecular weight is 297 g/mol. The number of hydrogen-bond acceptors (Lipinski definition) is 3. The molecule has 3 nitrogen and oxygen atoms in total. The van der Waals surface area contributed by atoms with Gasteiger partial charge in [-0.1, -0.05) is 12.1 Å². The van der Waals surface area contributed by atoms with E-state index in [4.69, 9.17) is 5.73 Å². The van der Waals surface area contributed by atoms with Crippen molar-refractivity contribution in [3.8, 4) is 0 Å². The van der Waals surface area contributed by atoms with Crippen LogP contribution in [0.2, 0.25) is 0 Å². The lowest BCUT2D eigenvalue weighted by molar-refractivity contribution is 0.504. The van der Waals surface area contributed by atoms with Crippen LogP contribution in [0.1, 0.15) is 5.56 Å². The second-order valence-corrected chi connectivity index (χ2v) is 6.50. The molecule has 0 fully saturated rings. The van der Waals surface area contributed by atoms with Crippen LogP contribution in [0.25, 0.3) is 0 Å². The van der Waals surface area contributed by atoms with Gasteiger partial charge in [0.15, 0.2) is 21.5 Å². The lowest BCUT2D eigenvalue weighted by Gasteiger charge is -2.05. The first kappa shape index (κ1) is 14.5. The molecule has 2 N–H and O–H groups in total. The zero-order chi connectivity index (χ0) is 14.8. The van der Waals surface area contributed by atoms with E-state index in [2.05, 4.69) is 0 Å². The number of anilines is 1. The summed E-state index contributed by atoms with van der Waals surface area (Å²) in [7, 11) is -3.65. The van der Waals surface area contributed by atoms with E-state index in [1.165, 1.54) is 0 Å². The molecule has 0 aliphatic carbocycles. The van der Waals surface area contributed by atoms with Crippen molar-refractivity contribution in [3.63, 3.8) is 0 Å². The number of hydrogen-bond donors (Lipinski definition) is 1. The third-order valence-electron chi connectivity index (χ3n) is 2.89. The van der Waals surface area contributed by atoms with Crippen molar-refractivity contribution in [1.82, 2.24) is 0 Å². The van der Waals surface area contributed by atoms with E-state index in [0.29, 0.717) is 11.8 Å². The van der Waals surface area contributed by atoms with Crippen LogP contribution in [0.4, 0.5) is 14.5 Å². The van der Waals surface area contributed by atoms with Gasteiger partial charge in [-0.05, 0) is 42.3 Å². The van der Waals surface area contributed by atoms with Crippen LogP contribution < -0.4 is 5.73 Å². The third-order valence-corrected chi connectivity index (χ3v) is 4.60. The minimum absolute atomic E-state index is 0.179. The van der Waals surface area contributed by atoms with Crippen LogP contribution in [-0.2, 0) is 16.3 Å². The first-order valence-corrected chi connectivity index (χ1v) is 7.56. The predicted octanol–water partition coefficient (Wildman–Crippen LogP) is 2.56. The molecule has 106 valence electrons. The van der Waals surface area contributed by atoms with Gasteiger partial charge in [-0.25, -0.2) is 17.2 Å². The molecule has 20 heavy (non-hydrogen) atoms. The summed E-state index contributed by atoms with van der Waals surface area (Å²) in [6.07, 6.45) is 0.279. The minimum atomic E-state index is -3.65. The Bertz CT molecular complexity index is 712. The maximum absolute atomic E-state index is 13.1. The predicted molar refractivity (Wildman–Crippen MR) is 73.0 cm³/mol. The topological polar surface area (TPSA) is 60.2 Å². The fraction of sp³-hybridized carbons (Fsp3) is 0.143. The van der Waals surface area contributed by atoms with Gasteiger partial charge in [0, 0.05) is 5.69 Å².